The van der Waals surface area contributed by atoms with Gasteiger partial charge in [0.2, 0.25) is 0 Å². The van der Waals surface area contributed by atoms with Crippen molar-refractivity contribution in [3.05, 3.63) is 48.0 Å². The Labute approximate surface area is 142 Å². The van der Waals surface area contributed by atoms with Gasteiger partial charge >= 0.3 is 0 Å². The van der Waals surface area contributed by atoms with Crippen molar-refractivity contribution in [2.45, 2.75) is 19.4 Å². The molecule has 1 unspecified atom stereocenters. The second-order valence-electron chi connectivity index (χ2n) is 6.22. The zero-order chi connectivity index (χ0) is 17.4. The van der Waals surface area contributed by atoms with Crippen LogP contribution in [-0.4, -0.2) is 28.0 Å². The number of aromatic nitrogens is 3. The molecule has 0 N–H and O–H groups in total. The van der Waals surface area contributed by atoms with Gasteiger partial charge in [0.1, 0.15) is 11.3 Å². The Morgan fingerprint density at radius 3 is 2.84 bits per heavy atom. The van der Waals surface area contributed by atoms with E-state index in [4.69, 9.17) is 4.74 Å². The van der Waals surface area contributed by atoms with Gasteiger partial charge < -0.3 is 4.74 Å². The van der Waals surface area contributed by atoms with Gasteiger partial charge in [-0.2, -0.15) is 5.10 Å². The largest absolute Gasteiger partial charge is 0.381 e. The molecule has 1 aliphatic heterocycles. The lowest BCUT2D eigenvalue weighted by molar-refractivity contribution is 0.146. The third kappa shape index (κ3) is 3.11. The van der Waals surface area contributed by atoms with E-state index in [9.17, 15) is 13.2 Å². The first-order chi connectivity index (χ1) is 12.1. The summed E-state index contributed by atoms with van der Waals surface area (Å²) in [6.07, 6.45) is 1.41. The minimum Gasteiger partial charge on any atom is -0.381 e. The number of hydrogen-bond donors (Lipinski definition) is 0. The lowest BCUT2D eigenvalue weighted by Gasteiger charge is -2.10. The number of rotatable bonds is 4. The number of fused-ring (bicyclic) bond motifs is 1. The highest BCUT2D eigenvalue weighted by Gasteiger charge is 2.18. The van der Waals surface area contributed by atoms with E-state index in [1.54, 1.807) is 12.4 Å². The minimum absolute atomic E-state index is 0.406. The van der Waals surface area contributed by atoms with Crippen molar-refractivity contribution in [1.82, 2.24) is 14.8 Å². The lowest BCUT2D eigenvalue weighted by Crippen LogP contribution is -2.11. The van der Waals surface area contributed by atoms with E-state index < -0.39 is 17.8 Å². The fourth-order valence-electron chi connectivity index (χ4n) is 3.12. The zero-order valence-electron chi connectivity index (χ0n) is 13.3. The molecule has 0 saturated carbocycles. The topological polar surface area (TPSA) is 39.9 Å². The van der Waals surface area contributed by atoms with Crippen LogP contribution in [0.25, 0.3) is 22.2 Å². The second-order valence-corrected chi connectivity index (χ2v) is 6.22. The fraction of sp³-hybridized carbons (Fsp3) is 0.333. The molecular weight excluding hydrogens is 331 g/mol. The van der Waals surface area contributed by atoms with Crippen LogP contribution in [0.5, 0.6) is 0 Å². The summed E-state index contributed by atoms with van der Waals surface area (Å²) in [6, 6.07) is 5.58. The first kappa shape index (κ1) is 16.1. The molecule has 4 rings (SSSR count). The molecule has 2 aromatic heterocycles. The van der Waals surface area contributed by atoms with Crippen LogP contribution in [0.3, 0.4) is 0 Å². The molecule has 3 heterocycles. The molecule has 0 amide bonds. The molecule has 0 bridgehead atoms. The van der Waals surface area contributed by atoms with Crippen molar-refractivity contribution in [2.75, 3.05) is 13.2 Å². The van der Waals surface area contributed by atoms with Gasteiger partial charge in [0.15, 0.2) is 0 Å². The quantitative estimate of drug-likeness (QED) is 0.710. The van der Waals surface area contributed by atoms with Crippen LogP contribution in [0.4, 0.5) is 13.2 Å². The van der Waals surface area contributed by atoms with Gasteiger partial charge in [-0.15, -0.1) is 0 Å². The minimum atomic E-state index is -2.86. The molecule has 0 spiro atoms. The molecule has 0 radical (unpaired) electrons. The molecule has 1 atom stereocenters. The van der Waals surface area contributed by atoms with Crippen LogP contribution in [0.15, 0.2) is 36.7 Å². The number of nitrogens with zero attached hydrogens (tertiary/aromatic N) is 3. The Bertz CT molecular complexity index is 904. The maximum Gasteiger partial charge on any atom is 0.266 e. The van der Waals surface area contributed by atoms with Gasteiger partial charge in [0, 0.05) is 30.8 Å². The number of benzene rings is 1. The Morgan fingerprint density at radius 2 is 2.08 bits per heavy atom. The Morgan fingerprint density at radius 1 is 1.20 bits per heavy atom. The second kappa shape index (κ2) is 6.48. The van der Waals surface area contributed by atoms with E-state index >= 15 is 0 Å². The monoisotopic (exact) mass is 347 g/mol. The summed E-state index contributed by atoms with van der Waals surface area (Å²) in [7, 11) is 0. The molecule has 4 nitrogen and oxygen atoms in total. The summed E-state index contributed by atoms with van der Waals surface area (Å²) in [5.41, 5.74) is 2.11. The molecule has 0 aliphatic carbocycles. The van der Waals surface area contributed by atoms with Crippen LogP contribution in [0.1, 0.15) is 18.4 Å². The summed E-state index contributed by atoms with van der Waals surface area (Å²) in [5, 5.41) is 4.37. The third-order valence-electron chi connectivity index (χ3n) is 4.51. The van der Waals surface area contributed by atoms with E-state index in [0.717, 1.165) is 36.7 Å². The average Bonchev–Trinajstić information content (AvgIpc) is 3.25. The molecule has 1 aromatic carbocycles. The molecular formula is C18H16F3N3O. The zero-order valence-corrected chi connectivity index (χ0v) is 13.3. The summed E-state index contributed by atoms with van der Waals surface area (Å²) < 4.78 is 46.6. The van der Waals surface area contributed by atoms with Crippen LogP contribution < -0.4 is 0 Å². The SMILES string of the molecule is Fc1ccc(-c2cnc3cnn(CC4CCOC4)c3c2)cc1C(F)F. The molecule has 1 fully saturated rings. The predicted octanol–water partition coefficient (Wildman–Crippen LogP) is 4.21. The summed E-state index contributed by atoms with van der Waals surface area (Å²) in [4.78, 5) is 4.35. The van der Waals surface area contributed by atoms with Gasteiger partial charge in [0.25, 0.3) is 6.43 Å². The highest BCUT2D eigenvalue weighted by molar-refractivity contribution is 5.80. The van der Waals surface area contributed by atoms with E-state index in [-0.39, 0.29) is 0 Å². The number of hydrogen-bond acceptors (Lipinski definition) is 3. The molecule has 1 aliphatic rings. The number of pyridine rings is 1. The van der Waals surface area contributed by atoms with Crippen molar-refractivity contribution >= 4 is 11.0 Å². The normalized spacial score (nSPS) is 17.7. The van der Waals surface area contributed by atoms with Crippen molar-refractivity contribution in [3.8, 4) is 11.1 Å². The smallest absolute Gasteiger partial charge is 0.266 e. The van der Waals surface area contributed by atoms with Gasteiger partial charge in [0.05, 0.1) is 23.9 Å². The third-order valence-corrected chi connectivity index (χ3v) is 4.51. The van der Waals surface area contributed by atoms with Crippen LogP contribution >= 0.6 is 0 Å². The standard InChI is InChI=1S/C18H16F3N3O/c19-15-2-1-12(5-14(15)18(20)21)13-6-17-16(22-7-13)8-23-24(17)9-11-3-4-25-10-11/h1-2,5-8,11,18H,3-4,9-10H2. The number of ether oxygens (including phenoxy) is 1. The molecule has 1 saturated heterocycles. The van der Waals surface area contributed by atoms with Gasteiger partial charge in [-0.1, -0.05) is 6.07 Å². The van der Waals surface area contributed by atoms with Gasteiger partial charge in [-0.25, -0.2) is 13.2 Å². The molecule has 25 heavy (non-hydrogen) atoms. The Hall–Kier alpha value is -2.41. The highest BCUT2D eigenvalue weighted by Crippen LogP contribution is 2.29. The van der Waals surface area contributed by atoms with E-state index in [1.165, 1.54) is 12.1 Å². The van der Waals surface area contributed by atoms with Gasteiger partial charge in [-0.05, 0) is 30.2 Å². The Balaban J connectivity index is 1.72. The molecule has 130 valence electrons. The van der Waals surface area contributed by atoms with E-state index in [1.807, 2.05) is 10.7 Å². The first-order valence-electron chi connectivity index (χ1n) is 8.09. The Kier molecular flexibility index (Phi) is 4.17. The van der Waals surface area contributed by atoms with Crippen LogP contribution in [0, 0.1) is 11.7 Å². The summed E-state index contributed by atoms with van der Waals surface area (Å²) in [5.74, 6) is -0.498. The molecule has 7 heteroatoms. The fourth-order valence-corrected chi connectivity index (χ4v) is 3.12. The number of alkyl halides is 2. The van der Waals surface area contributed by atoms with Crippen molar-refractivity contribution < 1.29 is 17.9 Å². The number of halogens is 3. The lowest BCUT2D eigenvalue weighted by atomic mass is 10.0. The maximum absolute atomic E-state index is 13.5. The first-order valence-corrected chi connectivity index (χ1v) is 8.09. The molecule has 3 aromatic rings. The predicted molar refractivity (Wildman–Crippen MR) is 86.8 cm³/mol. The average molecular weight is 347 g/mol. The summed E-state index contributed by atoms with van der Waals surface area (Å²) >= 11 is 0. The maximum atomic E-state index is 13.5. The van der Waals surface area contributed by atoms with E-state index in [2.05, 4.69) is 10.1 Å². The van der Waals surface area contributed by atoms with Crippen LogP contribution in [0.2, 0.25) is 0 Å². The van der Waals surface area contributed by atoms with Crippen molar-refractivity contribution in [2.24, 2.45) is 5.92 Å². The highest BCUT2D eigenvalue weighted by atomic mass is 19.3. The summed E-state index contributed by atoms with van der Waals surface area (Å²) in [6.45, 7) is 2.20. The van der Waals surface area contributed by atoms with Crippen LogP contribution in [-0.2, 0) is 11.3 Å². The van der Waals surface area contributed by atoms with E-state index in [0.29, 0.717) is 23.7 Å². The van der Waals surface area contributed by atoms with Gasteiger partial charge in [-0.3, -0.25) is 9.67 Å². The van der Waals surface area contributed by atoms with Crippen molar-refractivity contribution in [1.29, 1.82) is 0 Å². The van der Waals surface area contributed by atoms with Crippen molar-refractivity contribution in [3.63, 3.8) is 0 Å².